The van der Waals surface area contributed by atoms with Gasteiger partial charge in [-0.1, -0.05) is 11.6 Å². The number of hydrogen-bond acceptors (Lipinski definition) is 11. The van der Waals surface area contributed by atoms with Crippen LogP contribution in [0, 0.1) is 15.9 Å². The largest absolute Gasteiger partial charge is 0.481 e. The van der Waals surface area contributed by atoms with Crippen LogP contribution in [0.4, 0.5) is 33.6 Å². The van der Waals surface area contributed by atoms with Crippen molar-refractivity contribution in [3.05, 3.63) is 69.0 Å². The van der Waals surface area contributed by atoms with E-state index in [1.54, 1.807) is 12.1 Å². The number of aromatic nitrogens is 3. The average Bonchev–Trinajstić information content (AvgIpc) is 2.86. The number of benzene rings is 2. The highest BCUT2D eigenvalue weighted by Gasteiger charge is 2.17. The number of rotatable bonds is 7. The summed E-state index contributed by atoms with van der Waals surface area (Å²) in [5.74, 6) is -0.427. The number of ether oxygens (including phenoxy) is 1. The van der Waals surface area contributed by atoms with Gasteiger partial charge in [-0.3, -0.25) is 14.9 Å². The van der Waals surface area contributed by atoms with Crippen molar-refractivity contribution in [2.75, 3.05) is 41.9 Å². The predicted octanol–water partition coefficient (Wildman–Crippen LogP) is 3.69. The van der Waals surface area contributed by atoms with E-state index in [0.717, 1.165) is 6.92 Å². The summed E-state index contributed by atoms with van der Waals surface area (Å²) in [6.07, 6.45) is 1.33. The summed E-state index contributed by atoms with van der Waals surface area (Å²) >= 11 is 6.10. The first-order valence-electron chi connectivity index (χ1n) is 10.7. The van der Waals surface area contributed by atoms with Crippen LogP contribution in [0.2, 0.25) is 5.02 Å². The molecule has 0 aliphatic carbocycles. The minimum absolute atomic E-state index is 0.110. The van der Waals surface area contributed by atoms with Gasteiger partial charge in [0.05, 0.1) is 24.4 Å². The van der Waals surface area contributed by atoms with E-state index < -0.39 is 10.9 Å². The van der Waals surface area contributed by atoms with Crippen LogP contribution >= 0.6 is 11.6 Å². The predicted molar refractivity (Wildman–Crippen MR) is 135 cm³/mol. The van der Waals surface area contributed by atoms with Crippen LogP contribution in [0.25, 0.3) is 0 Å². The monoisotopic (exact) mass is 532 g/mol. The average molecular weight is 533 g/mol. The lowest BCUT2D eigenvalue weighted by Gasteiger charge is -2.27. The number of non-ortho nitro benzene ring substituents is 1. The number of aliphatic carboxylic acids is 1. The van der Waals surface area contributed by atoms with Gasteiger partial charge >= 0.3 is 0 Å². The number of anilines is 4. The van der Waals surface area contributed by atoms with E-state index in [0.29, 0.717) is 48.5 Å². The smallest absolute Gasteiger partial charge is 0.300 e. The maximum Gasteiger partial charge on any atom is 0.300 e. The summed E-state index contributed by atoms with van der Waals surface area (Å²) in [4.78, 5) is 34.5. The second-order valence-corrected chi connectivity index (χ2v) is 7.77. The lowest BCUT2D eigenvalue weighted by atomic mass is 10.2. The summed E-state index contributed by atoms with van der Waals surface area (Å²) in [5.41, 5.74) is 3.54. The number of hydrazone groups is 1. The SMILES string of the molecule is CC(=O)O.O=[N+]([O-])c1ccc(Cl)c(/C=N/Nc2nc(Nc3ccc(F)cc3)nc(N3CCOCC3)n2)c1. The van der Waals surface area contributed by atoms with Crippen molar-refractivity contribution in [2.24, 2.45) is 5.10 Å². The number of halogens is 2. The number of nitro groups is 1. The highest BCUT2D eigenvalue weighted by Crippen LogP contribution is 2.21. The molecule has 1 aliphatic heterocycles. The number of carbonyl (C=O) groups is 1. The first-order valence-corrected chi connectivity index (χ1v) is 11.1. The molecule has 2 aromatic carbocycles. The molecule has 0 unspecified atom stereocenters. The van der Waals surface area contributed by atoms with E-state index in [2.05, 4.69) is 30.8 Å². The quantitative estimate of drug-likeness (QED) is 0.230. The van der Waals surface area contributed by atoms with E-state index in [4.69, 9.17) is 26.2 Å². The molecule has 0 atom stereocenters. The number of carboxylic acids is 1. The normalized spacial score (nSPS) is 13.0. The molecule has 3 aromatic rings. The van der Waals surface area contributed by atoms with Crippen molar-refractivity contribution in [2.45, 2.75) is 6.92 Å². The van der Waals surface area contributed by atoms with Gasteiger partial charge in [-0.25, -0.2) is 9.82 Å². The minimum Gasteiger partial charge on any atom is -0.481 e. The summed E-state index contributed by atoms with van der Waals surface area (Å²) in [6.45, 7) is 3.37. The Morgan fingerprint density at radius 3 is 2.49 bits per heavy atom. The third-order valence-corrected chi connectivity index (χ3v) is 4.92. The summed E-state index contributed by atoms with van der Waals surface area (Å²) in [5, 5.41) is 25.8. The Morgan fingerprint density at radius 1 is 1.19 bits per heavy atom. The first kappa shape index (κ1) is 27.2. The van der Waals surface area contributed by atoms with Crippen LogP contribution in [0.1, 0.15) is 12.5 Å². The van der Waals surface area contributed by atoms with Gasteiger partial charge in [0, 0.05) is 48.4 Å². The molecule has 1 aliphatic rings. The Bertz CT molecular complexity index is 1270. The molecule has 4 rings (SSSR count). The Labute approximate surface area is 215 Å². The van der Waals surface area contributed by atoms with Gasteiger partial charge in [-0.15, -0.1) is 0 Å². The van der Waals surface area contributed by atoms with Crippen molar-refractivity contribution < 1.29 is 24.0 Å². The molecule has 194 valence electrons. The van der Waals surface area contributed by atoms with Crippen LogP contribution in [-0.4, -0.2) is 63.5 Å². The van der Waals surface area contributed by atoms with E-state index in [1.807, 2.05) is 4.90 Å². The van der Waals surface area contributed by atoms with Crippen molar-refractivity contribution in [1.82, 2.24) is 15.0 Å². The molecule has 1 fully saturated rings. The molecule has 1 saturated heterocycles. The van der Waals surface area contributed by atoms with E-state index in [9.17, 15) is 14.5 Å². The molecular formula is C22H22ClFN8O5. The van der Waals surface area contributed by atoms with Crippen LogP contribution in [-0.2, 0) is 9.53 Å². The Hall–Kier alpha value is -4.43. The van der Waals surface area contributed by atoms with Crippen LogP contribution in [0.3, 0.4) is 0 Å². The van der Waals surface area contributed by atoms with Crippen molar-refractivity contribution >= 4 is 53.0 Å². The zero-order valence-electron chi connectivity index (χ0n) is 19.5. The molecule has 0 spiro atoms. The molecule has 3 N–H and O–H groups in total. The van der Waals surface area contributed by atoms with Crippen LogP contribution in [0.15, 0.2) is 47.6 Å². The molecule has 13 nitrogen and oxygen atoms in total. The number of hydrogen-bond donors (Lipinski definition) is 3. The maximum atomic E-state index is 13.2. The number of nitro benzene ring substituents is 1. The van der Waals surface area contributed by atoms with E-state index in [1.165, 1.54) is 36.5 Å². The lowest BCUT2D eigenvalue weighted by Crippen LogP contribution is -2.37. The van der Waals surface area contributed by atoms with Crippen LogP contribution in [0.5, 0.6) is 0 Å². The minimum atomic E-state index is -0.833. The zero-order chi connectivity index (χ0) is 26.8. The van der Waals surface area contributed by atoms with Gasteiger partial charge in [-0.2, -0.15) is 20.1 Å². The van der Waals surface area contributed by atoms with Gasteiger partial charge in [0.25, 0.3) is 11.7 Å². The summed E-state index contributed by atoms with van der Waals surface area (Å²) in [7, 11) is 0. The molecular weight excluding hydrogens is 511 g/mol. The number of carboxylic acid groups (broad SMARTS) is 1. The molecule has 0 bridgehead atoms. The third kappa shape index (κ3) is 8.63. The second kappa shape index (κ2) is 13.0. The molecule has 0 saturated carbocycles. The van der Waals surface area contributed by atoms with E-state index in [-0.39, 0.29) is 23.4 Å². The summed E-state index contributed by atoms with van der Waals surface area (Å²) in [6, 6.07) is 9.79. The van der Waals surface area contributed by atoms with E-state index >= 15 is 0 Å². The van der Waals surface area contributed by atoms with Crippen molar-refractivity contribution in [1.29, 1.82) is 0 Å². The zero-order valence-corrected chi connectivity index (χ0v) is 20.2. The molecule has 0 amide bonds. The van der Waals surface area contributed by atoms with Crippen molar-refractivity contribution in [3.63, 3.8) is 0 Å². The second-order valence-electron chi connectivity index (χ2n) is 7.37. The highest BCUT2D eigenvalue weighted by molar-refractivity contribution is 6.33. The molecule has 0 radical (unpaired) electrons. The van der Waals surface area contributed by atoms with Gasteiger partial charge in [-0.05, 0) is 30.3 Å². The Kier molecular flexibility index (Phi) is 9.57. The number of morpholine rings is 1. The molecule has 2 heterocycles. The fraction of sp³-hybridized carbons (Fsp3) is 0.227. The first-order chi connectivity index (χ1) is 17.7. The number of nitrogens with zero attached hydrogens (tertiary/aromatic N) is 6. The standard InChI is InChI=1S/C20H18ClFN8O3.C2H4O2/c21-17-6-5-16(30(31)32)11-13(17)12-23-28-19-25-18(24-15-3-1-14(22)2-4-15)26-20(27-19)29-7-9-33-10-8-29;1-2(3)4/h1-6,11-12H,7-10H2,(H2,24,25,26,27,28);1H3,(H,3,4)/b23-12+;. The fourth-order valence-electron chi connectivity index (χ4n) is 2.94. The van der Waals surface area contributed by atoms with Crippen LogP contribution < -0.4 is 15.6 Å². The topological polar surface area (TPSA) is 168 Å². The highest BCUT2D eigenvalue weighted by atomic mass is 35.5. The summed E-state index contributed by atoms with van der Waals surface area (Å²) < 4.78 is 18.6. The van der Waals surface area contributed by atoms with Crippen molar-refractivity contribution in [3.8, 4) is 0 Å². The fourth-order valence-corrected chi connectivity index (χ4v) is 3.11. The van der Waals surface area contributed by atoms with Gasteiger partial charge in [0.1, 0.15) is 5.82 Å². The molecule has 37 heavy (non-hydrogen) atoms. The molecule has 1 aromatic heterocycles. The lowest BCUT2D eigenvalue weighted by molar-refractivity contribution is -0.384. The van der Waals surface area contributed by atoms with Gasteiger partial charge < -0.3 is 20.1 Å². The van der Waals surface area contributed by atoms with Gasteiger partial charge in [0.2, 0.25) is 17.8 Å². The molecule has 15 heteroatoms. The Morgan fingerprint density at radius 2 is 1.84 bits per heavy atom. The Balaban J connectivity index is 0.000000886. The van der Waals surface area contributed by atoms with Gasteiger partial charge in [0.15, 0.2) is 0 Å². The third-order valence-electron chi connectivity index (χ3n) is 4.58. The number of nitrogens with one attached hydrogen (secondary N) is 2. The maximum absolute atomic E-state index is 13.2.